The summed E-state index contributed by atoms with van der Waals surface area (Å²) in [5.74, 6) is 2.87. The molecule has 0 atom stereocenters. The van der Waals surface area contributed by atoms with Crippen molar-refractivity contribution < 1.29 is 4.74 Å². The molecule has 0 bridgehead atoms. The minimum atomic E-state index is 0.809. The van der Waals surface area contributed by atoms with Crippen LogP contribution < -0.4 is 9.64 Å². The van der Waals surface area contributed by atoms with E-state index in [1.165, 1.54) is 11.1 Å². The molecule has 1 aromatic carbocycles. The molecule has 0 unspecified atom stereocenters. The molecule has 1 aliphatic heterocycles. The number of benzene rings is 1. The van der Waals surface area contributed by atoms with E-state index in [1.54, 1.807) is 7.11 Å². The number of nitrogens with zero attached hydrogens (tertiary/aromatic N) is 3. The number of aromatic nitrogens is 1. The van der Waals surface area contributed by atoms with Crippen molar-refractivity contribution in [1.29, 1.82) is 0 Å². The van der Waals surface area contributed by atoms with Gasteiger partial charge in [0, 0.05) is 31.4 Å². The fourth-order valence-corrected chi connectivity index (χ4v) is 3.82. The molecule has 1 aliphatic rings. The minimum absolute atomic E-state index is 0.809. The molecule has 1 saturated heterocycles. The molecule has 152 valence electrons. The Morgan fingerprint density at radius 3 is 2.72 bits per heavy atom. The molecule has 0 N–H and O–H groups in total. The van der Waals surface area contributed by atoms with Gasteiger partial charge < -0.3 is 14.5 Å². The lowest BCUT2D eigenvalue weighted by atomic mass is 10.00. The van der Waals surface area contributed by atoms with Crippen LogP contribution in [0.25, 0.3) is 5.57 Å². The number of rotatable bonds is 7. The molecule has 0 amide bonds. The summed E-state index contributed by atoms with van der Waals surface area (Å²) >= 11 is 0. The van der Waals surface area contributed by atoms with Crippen molar-refractivity contribution in [1.82, 2.24) is 9.88 Å². The number of hydrogen-bond acceptors (Lipinski definition) is 4. The molecule has 2 heterocycles. The van der Waals surface area contributed by atoms with E-state index in [0.717, 1.165) is 60.1 Å². The SMILES string of the molecule is C=C/C(=C\C)c1cnc(N2CCN(Cc3ccc(C)c(OC)c3)C2=C)cc1CC. The van der Waals surface area contributed by atoms with E-state index >= 15 is 0 Å². The van der Waals surface area contributed by atoms with Crippen LogP contribution in [0.3, 0.4) is 0 Å². The maximum absolute atomic E-state index is 5.47. The highest BCUT2D eigenvalue weighted by molar-refractivity contribution is 5.75. The summed E-state index contributed by atoms with van der Waals surface area (Å²) in [5, 5.41) is 0. The van der Waals surface area contributed by atoms with Gasteiger partial charge in [0.2, 0.25) is 0 Å². The molecule has 4 heteroatoms. The second-order valence-electron chi connectivity index (χ2n) is 7.29. The number of methoxy groups -OCH3 is 1. The first kappa shape index (κ1) is 20.7. The Labute approximate surface area is 174 Å². The van der Waals surface area contributed by atoms with Crippen molar-refractivity contribution in [3.8, 4) is 5.75 Å². The Morgan fingerprint density at radius 1 is 1.28 bits per heavy atom. The van der Waals surface area contributed by atoms with Crippen LogP contribution in [0, 0.1) is 6.92 Å². The lowest BCUT2D eigenvalue weighted by Crippen LogP contribution is -2.22. The first-order chi connectivity index (χ1) is 14.0. The maximum Gasteiger partial charge on any atom is 0.134 e. The molecule has 0 saturated carbocycles. The Bertz CT molecular complexity index is 945. The second kappa shape index (κ2) is 8.99. The van der Waals surface area contributed by atoms with Crippen molar-refractivity contribution in [2.75, 3.05) is 25.1 Å². The summed E-state index contributed by atoms with van der Waals surface area (Å²) < 4.78 is 5.47. The predicted molar refractivity (Wildman–Crippen MR) is 122 cm³/mol. The van der Waals surface area contributed by atoms with Gasteiger partial charge in [-0.3, -0.25) is 0 Å². The third-order valence-electron chi connectivity index (χ3n) is 5.59. The highest BCUT2D eigenvalue weighted by atomic mass is 16.5. The average molecular weight is 390 g/mol. The number of ether oxygens (including phenoxy) is 1. The Balaban J connectivity index is 1.80. The molecule has 29 heavy (non-hydrogen) atoms. The van der Waals surface area contributed by atoms with E-state index in [9.17, 15) is 0 Å². The summed E-state index contributed by atoms with van der Waals surface area (Å²) in [4.78, 5) is 9.25. The minimum Gasteiger partial charge on any atom is -0.496 e. The normalized spacial score (nSPS) is 14.5. The van der Waals surface area contributed by atoms with Crippen LogP contribution in [0.15, 0.2) is 61.6 Å². The van der Waals surface area contributed by atoms with Gasteiger partial charge in [-0.15, -0.1) is 0 Å². The fraction of sp³-hybridized carbons (Fsp3) is 0.320. The monoisotopic (exact) mass is 389 g/mol. The third-order valence-corrected chi connectivity index (χ3v) is 5.59. The number of allylic oxidation sites excluding steroid dienone is 3. The topological polar surface area (TPSA) is 28.6 Å². The zero-order chi connectivity index (χ0) is 21.0. The quantitative estimate of drug-likeness (QED) is 0.597. The highest BCUT2D eigenvalue weighted by Gasteiger charge is 2.25. The van der Waals surface area contributed by atoms with E-state index in [2.05, 4.69) is 67.1 Å². The zero-order valence-electron chi connectivity index (χ0n) is 18.0. The molecule has 0 spiro atoms. The van der Waals surface area contributed by atoms with Gasteiger partial charge >= 0.3 is 0 Å². The van der Waals surface area contributed by atoms with Crippen molar-refractivity contribution in [2.24, 2.45) is 0 Å². The molecule has 0 radical (unpaired) electrons. The van der Waals surface area contributed by atoms with Crippen LogP contribution in [0.2, 0.25) is 0 Å². The van der Waals surface area contributed by atoms with Crippen LogP contribution in [0.5, 0.6) is 5.75 Å². The first-order valence-corrected chi connectivity index (χ1v) is 10.1. The Kier molecular flexibility index (Phi) is 6.42. The maximum atomic E-state index is 5.47. The van der Waals surface area contributed by atoms with Crippen molar-refractivity contribution >= 4 is 11.4 Å². The summed E-state index contributed by atoms with van der Waals surface area (Å²) in [6.45, 7) is 17.2. The molecular formula is C25H31N3O. The van der Waals surface area contributed by atoms with Gasteiger partial charge in [-0.25, -0.2) is 4.98 Å². The third kappa shape index (κ3) is 4.21. The van der Waals surface area contributed by atoms with E-state index < -0.39 is 0 Å². The fourth-order valence-electron chi connectivity index (χ4n) is 3.82. The summed E-state index contributed by atoms with van der Waals surface area (Å²) in [5.41, 5.74) is 5.92. The first-order valence-electron chi connectivity index (χ1n) is 10.1. The zero-order valence-corrected chi connectivity index (χ0v) is 18.0. The number of anilines is 1. The summed E-state index contributed by atoms with van der Waals surface area (Å²) in [6.07, 6.45) is 6.88. The van der Waals surface area contributed by atoms with Gasteiger partial charge in [-0.05, 0) is 54.7 Å². The van der Waals surface area contributed by atoms with Crippen molar-refractivity contribution in [3.63, 3.8) is 0 Å². The highest BCUT2D eigenvalue weighted by Crippen LogP contribution is 2.30. The van der Waals surface area contributed by atoms with Gasteiger partial charge in [0.05, 0.1) is 7.11 Å². The molecule has 4 nitrogen and oxygen atoms in total. The van der Waals surface area contributed by atoms with Gasteiger partial charge in [-0.1, -0.05) is 44.4 Å². The molecule has 3 rings (SSSR count). The molecule has 1 fully saturated rings. The van der Waals surface area contributed by atoms with Crippen LogP contribution in [0.4, 0.5) is 5.82 Å². The van der Waals surface area contributed by atoms with Crippen molar-refractivity contribution in [2.45, 2.75) is 33.7 Å². The number of pyridine rings is 1. The molecular weight excluding hydrogens is 358 g/mol. The number of aryl methyl sites for hydroxylation is 2. The second-order valence-corrected chi connectivity index (χ2v) is 7.29. The summed E-state index contributed by atoms with van der Waals surface area (Å²) in [6, 6.07) is 8.56. The predicted octanol–water partition coefficient (Wildman–Crippen LogP) is 5.34. The van der Waals surface area contributed by atoms with Crippen LogP contribution in [-0.2, 0) is 13.0 Å². The Hall–Kier alpha value is -3.01. The smallest absolute Gasteiger partial charge is 0.134 e. The van der Waals surface area contributed by atoms with Gasteiger partial charge in [0.25, 0.3) is 0 Å². The van der Waals surface area contributed by atoms with E-state index in [-0.39, 0.29) is 0 Å². The Morgan fingerprint density at radius 2 is 2.07 bits per heavy atom. The lowest BCUT2D eigenvalue weighted by molar-refractivity contribution is 0.386. The largest absolute Gasteiger partial charge is 0.496 e. The van der Waals surface area contributed by atoms with E-state index in [1.807, 2.05) is 19.2 Å². The van der Waals surface area contributed by atoms with Crippen LogP contribution >= 0.6 is 0 Å². The van der Waals surface area contributed by atoms with Gasteiger partial charge in [0.15, 0.2) is 0 Å². The van der Waals surface area contributed by atoms with Crippen LogP contribution in [0.1, 0.15) is 36.1 Å². The van der Waals surface area contributed by atoms with Gasteiger partial charge in [-0.2, -0.15) is 0 Å². The summed E-state index contributed by atoms with van der Waals surface area (Å²) in [7, 11) is 1.72. The molecule has 1 aromatic heterocycles. The molecule has 0 aliphatic carbocycles. The van der Waals surface area contributed by atoms with E-state index in [0.29, 0.717) is 0 Å². The average Bonchev–Trinajstić information content (AvgIpc) is 3.10. The van der Waals surface area contributed by atoms with E-state index in [4.69, 9.17) is 9.72 Å². The number of hydrogen-bond donors (Lipinski definition) is 0. The van der Waals surface area contributed by atoms with Gasteiger partial charge in [0.1, 0.15) is 17.4 Å². The lowest BCUT2D eigenvalue weighted by Gasteiger charge is -2.24. The molecule has 2 aromatic rings. The van der Waals surface area contributed by atoms with Crippen LogP contribution in [-0.4, -0.2) is 30.1 Å². The van der Waals surface area contributed by atoms with Crippen molar-refractivity contribution in [3.05, 3.63) is 83.8 Å². The standard InChI is InChI=1S/C25H31N3O/c1-7-21(8-2)23-16-26-25(15-22(23)9-3)28-13-12-27(19(28)5)17-20-11-10-18(4)24(14-20)29-6/h7-8,10-11,14-16H,1,5,9,12-13,17H2,2-4,6H3/b21-8+.